The molecule has 0 aliphatic carbocycles. The van der Waals surface area contributed by atoms with Gasteiger partial charge in [0.05, 0.1) is 17.7 Å². The van der Waals surface area contributed by atoms with E-state index in [0.717, 1.165) is 0 Å². The number of hydrogen-bond donors (Lipinski definition) is 2. The van der Waals surface area contributed by atoms with Crippen LogP contribution >= 0.6 is 23.8 Å². The molecule has 1 aromatic heterocycles. The van der Waals surface area contributed by atoms with Crippen LogP contribution in [0.1, 0.15) is 16.1 Å². The number of amides is 2. The molecule has 0 bridgehead atoms. The highest BCUT2D eigenvalue weighted by molar-refractivity contribution is 7.80. The molecule has 0 atom stereocenters. The van der Waals surface area contributed by atoms with Crippen molar-refractivity contribution in [3.63, 3.8) is 0 Å². The van der Waals surface area contributed by atoms with Crippen molar-refractivity contribution in [3.05, 3.63) is 52.3 Å². The molecule has 3 rings (SSSR count). The lowest BCUT2D eigenvalue weighted by molar-refractivity contribution is -0.123. The number of furan rings is 1. The van der Waals surface area contributed by atoms with Gasteiger partial charge in [-0.3, -0.25) is 20.2 Å². The van der Waals surface area contributed by atoms with Gasteiger partial charge < -0.3 is 9.15 Å². The van der Waals surface area contributed by atoms with Crippen LogP contribution in [-0.4, -0.2) is 30.0 Å². The van der Waals surface area contributed by atoms with Gasteiger partial charge >= 0.3 is 5.97 Å². The van der Waals surface area contributed by atoms with Gasteiger partial charge in [-0.15, -0.1) is 0 Å². The Morgan fingerprint density at radius 2 is 1.88 bits per heavy atom. The third kappa shape index (κ3) is 3.51. The number of thiocarbonyl (C=S) groups is 1. The third-order valence-corrected chi connectivity index (χ3v) is 4.03. The Morgan fingerprint density at radius 3 is 2.50 bits per heavy atom. The Kier molecular flexibility index (Phi) is 4.88. The van der Waals surface area contributed by atoms with E-state index in [9.17, 15) is 14.4 Å². The average molecular weight is 391 g/mol. The van der Waals surface area contributed by atoms with E-state index >= 15 is 0 Å². The van der Waals surface area contributed by atoms with Crippen molar-refractivity contribution in [1.82, 2.24) is 10.6 Å². The lowest BCUT2D eigenvalue weighted by atomic mass is 10.1. The summed E-state index contributed by atoms with van der Waals surface area (Å²) in [5.74, 6) is -1.02. The summed E-state index contributed by atoms with van der Waals surface area (Å²) in [4.78, 5) is 35.2. The first-order chi connectivity index (χ1) is 12.4. The summed E-state index contributed by atoms with van der Waals surface area (Å²) in [5.41, 5.74) is 0.725. The number of carbonyl (C=O) groups is 3. The van der Waals surface area contributed by atoms with Crippen molar-refractivity contribution in [3.8, 4) is 11.3 Å². The van der Waals surface area contributed by atoms with E-state index in [2.05, 4.69) is 15.4 Å². The maximum atomic E-state index is 11.8. The van der Waals surface area contributed by atoms with Gasteiger partial charge in [0.2, 0.25) is 0 Å². The molecule has 2 heterocycles. The molecule has 2 amide bonds. The van der Waals surface area contributed by atoms with Gasteiger partial charge in [-0.1, -0.05) is 17.7 Å². The lowest BCUT2D eigenvalue weighted by Crippen LogP contribution is -2.51. The first kappa shape index (κ1) is 17.8. The molecule has 7 nitrogen and oxygen atoms in total. The van der Waals surface area contributed by atoms with Gasteiger partial charge in [-0.2, -0.15) is 0 Å². The van der Waals surface area contributed by atoms with Crippen molar-refractivity contribution < 1.29 is 23.5 Å². The van der Waals surface area contributed by atoms with Gasteiger partial charge in [-0.05, 0) is 42.6 Å². The van der Waals surface area contributed by atoms with Crippen LogP contribution in [0, 0.1) is 0 Å². The van der Waals surface area contributed by atoms with E-state index < -0.39 is 17.8 Å². The monoisotopic (exact) mass is 390 g/mol. The largest absolute Gasteiger partial charge is 0.465 e. The van der Waals surface area contributed by atoms with Crippen LogP contribution in [0.25, 0.3) is 17.4 Å². The van der Waals surface area contributed by atoms with Crippen LogP contribution in [0.15, 0.2) is 40.3 Å². The molecule has 1 aromatic carbocycles. The molecule has 2 N–H and O–H groups in total. The molecular formula is C17H11ClN2O5S. The predicted octanol–water partition coefficient (Wildman–Crippen LogP) is 2.30. The van der Waals surface area contributed by atoms with Gasteiger partial charge in [0.1, 0.15) is 17.1 Å². The molecular weight excluding hydrogens is 380 g/mol. The standard InChI is InChI=1S/C17H11ClN2O5S/c1-24-16(23)10-4-2-8(6-12(10)18)13-5-3-9(25-13)7-11-14(21)19-17(26)20-15(11)22/h2-7H,1H3,(H2,19,20,21,22,26). The summed E-state index contributed by atoms with van der Waals surface area (Å²) in [6, 6.07) is 7.97. The van der Waals surface area contributed by atoms with Crippen molar-refractivity contribution in [1.29, 1.82) is 0 Å². The number of esters is 1. The summed E-state index contributed by atoms with van der Waals surface area (Å²) in [6.07, 6.45) is 1.31. The molecule has 1 fully saturated rings. The van der Waals surface area contributed by atoms with Crippen molar-refractivity contribution in [2.75, 3.05) is 7.11 Å². The molecule has 26 heavy (non-hydrogen) atoms. The van der Waals surface area contributed by atoms with Crippen LogP contribution < -0.4 is 10.6 Å². The van der Waals surface area contributed by atoms with Crippen LogP contribution in [0.4, 0.5) is 0 Å². The number of hydrogen-bond acceptors (Lipinski definition) is 6. The van der Waals surface area contributed by atoms with Crippen molar-refractivity contribution in [2.45, 2.75) is 0 Å². The topological polar surface area (TPSA) is 97.6 Å². The van der Waals surface area contributed by atoms with E-state index in [1.54, 1.807) is 24.3 Å². The predicted molar refractivity (Wildman–Crippen MR) is 97.4 cm³/mol. The molecule has 0 spiro atoms. The van der Waals surface area contributed by atoms with E-state index in [4.69, 9.17) is 28.2 Å². The van der Waals surface area contributed by atoms with Gasteiger partial charge in [0, 0.05) is 5.56 Å². The second kappa shape index (κ2) is 7.11. The number of methoxy groups -OCH3 is 1. The summed E-state index contributed by atoms with van der Waals surface area (Å²) in [7, 11) is 1.27. The van der Waals surface area contributed by atoms with Crippen LogP contribution in [0.3, 0.4) is 0 Å². The minimum atomic E-state index is -0.609. The SMILES string of the molecule is COC(=O)c1ccc(-c2ccc(C=C3C(=O)NC(=S)NC3=O)o2)cc1Cl. The average Bonchev–Trinajstić information content (AvgIpc) is 3.06. The summed E-state index contributed by atoms with van der Waals surface area (Å²) >= 11 is 10.8. The fourth-order valence-electron chi connectivity index (χ4n) is 2.28. The molecule has 0 saturated carbocycles. The zero-order valence-electron chi connectivity index (χ0n) is 13.3. The zero-order chi connectivity index (χ0) is 18.8. The molecule has 1 saturated heterocycles. The molecule has 2 aromatic rings. The van der Waals surface area contributed by atoms with Crippen LogP contribution in [-0.2, 0) is 14.3 Å². The summed E-state index contributed by atoms with van der Waals surface area (Å²) in [5, 5.41) is 4.84. The number of rotatable bonds is 3. The highest BCUT2D eigenvalue weighted by atomic mass is 35.5. The van der Waals surface area contributed by atoms with Gasteiger partial charge in [0.15, 0.2) is 5.11 Å². The fourth-order valence-corrected chi connectivity index (χ4v) is 2.72. The van der Waals surface area contributed by atoms with Crippen LogP contribution in [0.5, 0.6) is 0 Å². The highest BCUT2D eigenvalue weighted by Crippen LogP contribution is 2.28. The minimum absolute atomic E-state index is 0.0439. The maximum absolute atomic E-state index is 11.8. The van der Waals surface area contributed by atoms with Gasteiger partial charge in [-0.25, -0.2) is 4.79 Å². The molecule has 9 heteroatoms. The minimum Gasteiger partial charge on any atom is -0.465 e. The Balaban J connectivity index is 1.89. The number of benzene rings is 1. The van der Waals surface area contributed by atoms with E-state index in [0.29, 0.717) is 17.1 Å². The van der Waals surface area contributed by atoms with Gasteiger partial charge in [0.25, 0.3) is 11.8 Å². The van der Waals surface area contributed by atoms with E-state index in [-0.39, 0.29) is 21.3 Å². The molecule has 1 aliphatic rings. The smallest absolute Gasteiger partial charge is 0.339 e. The number of ether oxygens (including phenoxy) is 1. The second-order valence-electron chi connectivity index (χ2n) is 5.18. The molecule has 0 radical (unpaired) electrons. The first-order valence-corrected chi connectivity index (χ1v) is 8.04. The zero-order valence-corrected chi connectivity index (χ0v) is 14.9. The Morgan fingerprint density at radius 1 is 1.19 bits per heavy atom. The summed E-state index contributed by atoms with van der Waals surface area (Å²) in [6.45, 7) is 0. The Bertz CT molecular complexity index is 957. The lowest BCUT2D eigenvalue weighted by Gasteiger charge is -2.15. The van der Waals surface area contributed by atoms with Crippen molar-refractivity contribution >= 4 is 52.8 Å². The first-order valence-electron chi connectivity index (χ1n) is 7.25. The fraction of sp³-hybridized carbons (Fsp3) is 0.0588. The van der Waals surface area contributed by atoms with E-state index in [1.165, 1.54) is 19.3 Å². The van der Waals surface area contributed by atoms with Crippen LogP contribution in [0.2, 0.25) is 5.02 Å². The second-order valence-corrected chi connectivity index (χ2v) is 6.00. The Labute approximate surface area is 158 Å². The summed E-state index contributed by atoms with van der Waals surface area (Å²) < 4.78 is 10.3. The number of nitrogens with one attached hydrogen (secondary N) is 2. The van der Waals surface area contributed by atoms with Crippen molar-refractivity contribution in [2.24, 2.45) is 0 Å². The highest BCUT2D eigenvalue weighted by Gasteiger charge is 2.26. The molecule has 1 aliphatic heterocycles. The normalized spacial score (nSPS) is 13.9. The number of carbonyl (C=O) groups excluding carboxylic acids is 3. The molecule has 0 unspecified atom stereocenters. The molecule has 132 valence electrons. The Hall–Kier alpha value is -2.97. The quantitative estimate of drug-likeness (QED) is 0.361. The number of halogens is 1. The third-order valence-electron chi connectivity index (χ3n) is 3.52. The van der Waals surface area contributed by atoms with E-state index in [1.807, 2.05) is 0 Å². The maximum Gasteiger partial charge on any atom is 0.339 e.